The number of hydrogen-bond donors (Lipinski definition) is 3. The first kappa shape index (κ1) is 10.9. The Labute approximate surface area is 93.9 Å². The fourth-order valence-electron chi connectivity index (χ4n) is 1.35. The van der Waals surface area contributed by atoms with Crippen molar-refractivity contribution in [3.8, 4) is 0 Å². The van der Waals surface area contributed by atoms with Crippen LogP contribution in [0.5, 0.6) is 0 Å². The van der Waals surface area contributed by atoms with Crippen molar-refractivity contribution in [3.05, 3.63) is 18.3 Å². The first-order valence-electron chi connectivity index (χ1n) is 5.41. The normalized spacial score (nSPS) is 14.6. The molecule has 5 heteroatoms. The van der Waals surface area contributed by atoms with Crippen LogP contribution < -0.4 is 10.6 Å². The Hall–Kier alpha value is -1.62. The number of anilines is 2. The molecule has 0 aromatic carbocycles. The van der Waals surface area contributed by atoms with E-state index in [4.69, 9.17) is 5.11 Å². The van der Waals surface area contributed by atoms with Crippen LogP contribution in [-0.2, 0) is 4.79 Å². The van der Waals surface area contributed by atoms with Crippen LogP contribution in [0.15, 0.2) is 18.3 Å². The molecule has 0 saturated heterocycles. The highest BCUT2D eigenvalue weighted by atomic mass is 16.3. The molecule has 1 amide bonds. The van der Waals surface area contributed by atoms with Gasteiger partial charge in [0.05, 0.1) is 18.5 Å². The summed E-state index contributed by atoms with van der Waals surface area (Å²) in [6.07, 6.45) is 3.60. The Bertz CT molecular complexity index is 360. The predicted molar refractivity (Wildman–Crippen MR) is 61.2 cm³/mol. The highest BCUT2D eigenvalue weighted by Gasteiger charge is 2.29. The predicted octanol–water partition coefficient (Wildman–Crippen LogP) is 0.834. The highest BCUT2D eigenvalue weighted by Crippen LogP contribution is 2.30. The van der Waals surface area contributed by atoms with Crippen LogP contribution in [0.25, 0.3) is 0 Å². The van der Waals surface area contributed by atoms with Gasteiger partial charge in [-0.1, -0.05) is 0 Å². The molecular formula is C11H15N3O2. The van der Waals surface area contributed by atoms with Crippen LogP contribution in [0.2, 0.25) is 0 Å². The quantitative estimate of drug-likeness (QED) is 0.688. The maximum Gasteiger partial charge on any atom is 0.227 e. The number of rotatable bonds is 5. The number of carbonyl (C=O) groups excluding carboxylic acids is 1. The van der Waals surface area contributed by atoms with Crippen molar-refractivity contribution in [3.63, 3.8) is 0 Å². The van der Waals surface area contributed by atoms with Crippen molar-refractivity contribution < 1.29 is 9.90 Å². The van der Waals surface area contributed by atoms with E-state index >= 15 is 0 Å². The van der Waals surface area contributed by atoms with E-state index in [1.807, 2.05) is 0 Å². The fourth-order valence-corrected chi connectivity index (χ4v) is 1.35. The minimum absolute atomic E-state index is 0.0713. The smallest absolute Gasteiger partial charge is 0.227 e. The molecule has 1 heterocycles. The summed E-state index contributed by atoms with van der Waals surface area (Å²) < 4.78 is 0. The molecule has 16 heavy (non-hydrogen) atoms. The minimum atomic E-state index is 0.0713. The number of nitrogens with one attached hydrogen (secondary N) is 2. The maximum absolute atomic E-state index is 11.4. The summed E-state index contributed by atoms with van der Waals surface area (Å²) >= 11 is 0. The van der Waals surface area contributed by atoms with E-state index in [0.29, 0.717) is 18.1 Å². The van der Waals surface area contributed by atoms with Gasteiger partial charge in [0.25, 0.3) is 0 Å². The molecule has 2 rings (SSSR count). The lowest BCUT2D eigenvalue weighted by Gasteiger charge is -2.06. The summed E-state index contributed by atoms with van der Waals surface area (Å²) in [5.74, 6) is 0.975. The Morgan fingerprint density at radius 3 is 2.88 bits per heavy atom. The highest BCUT2D eigenvalue weighted by molar-refractivity contribution is 5.93. The Balaban J connectivity index is 1.88. The molecule has 5 nitrogen and oxygen atoms in total. The van der Waals surface area contributed by atoms with Crippen molar-refractivity contribution in [2.75, 3.05) is 23.8 Å². The Morgan fingerprint density at radius 2 is 2.31 bits per heavy atom. The third kappa shape index (κ3) is 2.93. The zero-order chi connectivity index (χ0) is 11.4. The molecule has 1 fully saturated rings. The molecule has 0 aliphatic heterocycles. The molecular weight excluding hydrogens is 206 g/mol. The first-order valence-corrected chi connectivity index (χ1v) is 5.41. The van der Waals surface area contributed by atoms with Crippen LogP contribution in [0, 0.1) is 5.92 Å². The van der Waals surface area contributed by atoms with Gasteiger partial charge in [0.15, 0.2) is 0 Å². The molecule has 1 aliphatic rings. The second-order valence-electron chi connectivity index (χ2n) is 3.85. The van der Waals surface area contributed by atoms with Crippen LogP contribution in [0.4, 0.5) is 11.5 Å². The molecule has 1 saturated carbocycles. The Morgan fingerprint density at radius 1 is 1.50 bits per heavy atom. The largest absolute Gasteiger partial charge is 0.395 e. The van der Waals surface area contributed by atoms with Gasteiger partial charge in [0.2, 0.25) is 5.91 Å². The van der Waals surface area contributed by atoms with Crippen molar-refractivity contribution >= 4 is 17.4 Å². The van der Waals surface area contributed by atoms with Crippen molar-refractivity contribution in [2.24, 2.45) is 5.92 Å². The number of pyridine rings is 1. The summed E-state index contributed by atoms with van der Waals surface area (Å²) in [7, 11) is 0. The van der Waals surface area contributed by atoms with Gasteiger partial charge in [-0.2, -0.15) is 0 Å². The van der Waals surface area contributed by atoms with E-state index in [1.165, 1.54) is 0 Å². The van der Waals surface area contributed by atoms with Gasteiger partial charge >= 0.3 is 0 Å². The van der Waals surface area contributed by atoms with Gasteiger partial charge in [-0.05, 0) is 25.0 Å². The second-order valence-corrected chi connectivity index (χ2v) is 3.85. The van der Waals surface area contributed by atoms with E-state index in [2.05, 4.69) is 15.6 Å². The molecule has 0 spiro atoms. The Kier molecular flexibility index (Phi) is 3.36. The van der Waals surface area contributed by atoms with E-state index in [1.54, 1.807) is 18.3 Å². The van der Waals surface area contributed by atoms with E-state index < -0.39 is 0 Å². The van der Waals surface area contributed by atoms with Crippen LogP contribution in [-0.4, -0.2) is 29.1 Å². The lowest BCUT2D eigenvalue weighted by Crippen LogP contribution is -2.13. The molecule has 1 aromatic heterocycles. The molecule has 0 unspecified atom stereocenters. The van der Waals surface area contributed by atoms with Gasteiger partial charge in [-0.15, -0.1) is 0 Å². The van der Waals surface area contributed by atoms with Crippen LogP contribution in [0.3, 0.4) is 0 Å². The number of aromatic nitrogens is 1. The molecule has 86 valence electrons. The number of hydrogen-bond acceptors (Lipinski definition) is 4. The molecule has 1 aliphatic carbocycles. The molecule has 0 radical (unpaired) electrons. The monoisotopic (exact) mass is 221 g/mol. The van der Waals surface area contributed by atoms with E-state index in [0.717, 1.165) is 12.8 Å². The van der Waals surface area contributed by atoms with Crippen molar-refractivity contribution in [1.29, 1.82) is 0 Å². The van der Waals surface area contributed by atoms with Gasteiger partial charge in [0, 0.05) is 12.5 Å². The summed E-state index contributed by atoms with van der Waals surface area (Å²) in [5, 5.41) is 14.4. The average Bonchev–Trinajstić information content (AvgIpc) is 3.12. The average molecular weight is 221 g/mol. The van der Waals surface area contributed by atoms with Crippen LogP contribution >= 0.6 is 0 Å². The summed E-state index contributed by atoms with van der Waals surface area (Å²) in [4.78, 5) is 15.6. The lowest BCUT2D eigenvalue weighted by molar-refractivity contribution is -0.117. The van der Waals surface area contributed by atoms with Gasteiger partial charge in [-0.25, -0.2) is 4.98 Å². The molecule has 1 aromatic rings. The molecule has 0 bridgehead atoms. The molecule has 3 N–H and O–H groups in total. The second kappa shape index (κ2) is 4.94. The zero-order valence-electron chi connectivity index (χ0n) is 8.94. The minimum Gasteiger partial charge on any atom is -0.395 e. The summed E-state index contributed by atoms with van der Waals surface area (Å²) in [6, 6.07) is 3.57. The third-order valence-electron chi connectivity index (χ3n) is 2.40. The maximum atomic E-state index is 11.4. The number of carbonyl (C=O) groups is 1. The standard InChI is InChI=1S/C11H15N3O2/c15-6-5-12-10-4-3-9(7-13-10)14-11(16)8-1-2-8/h3-4,7-8,15H,1-2,5-6H2,(H,12,13)(H,14,16). The van der Waals surface area contributed by atoms with Crippen molar-refractivity contribution in [1.82, 2.24) is 4.98 Å². The van der Waals surface area contributed by atoms with E-state index in [9.17, 15) is 4.79 Å². The van der Waals surface area contributed by atoms with Gasteiger partial charge in [0.1, 0.15) is 5.82 Å². The van der Waals surface area contributed by atoms with Gasteiger partial charge < -0.3 is 15.7 Å². The third-order valence-corrected chi connectivity index (χ3v) is 2.40. The van der Waals surface area contributed by atoms with Gasteiger partial charge in [-0.3, -0.25) is 4.79 Å². The number of amides is 1. The van der Waals surface area contributed by atoms with Crippen molar-refractivity contribution in [2.45, 2.75) is 12.8 Å². The topological polar surface area (TPSA) is 74.2 Å². The lowest BCUT2D eigenvalue weighted by atomic mass is 10.3. The first-order chi connectivity index (χ1) is 7.79. The zero-order valence-corrected chi connectivity index (χ0v) is 8.94. The summed E-state index contributed by atoms with van der Waals surface area (Å²) in [5.41, 5.74) is 0.714. The van der Waals surface area contributed by atoms with Crippen LogP contribution in [0.1, 0.15) is 12.8 Å². The molecule has 0 atom stereocenters. The van der Waals surface area contributed by atoms with E-state index in [-0.39, 0.29) is 18.4 Å². The number of aliphatic hydroxyl groups is 1. The number of aliphatic hydroxyl groups excluding tert-OH is 1. The fraction of sp³-hybridized carbons (Fsp3) is 0.455. The number of nitrogens with zero attached hydrogens (tertiary/aromatic N) is 1. The summed E-state index contributed by atoms with van der Waals surface area (Å²) in [6.45, 7) is 0.544. The SMILES string of the molecule is O=C(Nc1ccc(NCCO)nc1)C1CC1.